The number of benzene rings is 1. The molecule has 0 aromatic heterocycles. The molecule has 0 radical (unpaired) electrons. The van der Waals surface area contributed by atoms with Crippen molar-refractivity contribution in [2.75, 3.05) is 13.1 Å². The van der Waals surface area contributed by atoms with E-state index in [4.69, 9.17) is 5.73 Å². The van der Waals surface area contributed by atoms with Crippen LogP contribution in [0.5, 0.6) is 0 Å². The van der Waals surface area contributed by atoms with E-state index in [1.807, 2.05) is 18.2 Å². The second kappa shape index (κ2) is 5.82. The van der Waals surface area contributed by atoms with Crippen LogP contribution in [0.2, 0.25) is 0 Å². The summed E-state index contributed by atoms with van der Waals surface area (Å²) in [4.78, 5) is 11.0. The summed E-state index contributed by atoms with van der Waals surface area (Å²) in [5, 5.41) is 3.37. The van der Waals surface area contributed by atoms with Crippen LogP contribution in [0.15, 0.2) is 24.3 Å². The summed E-state index contributed by atoms with van der Waals surface area (Å²) >= 11 is 0. The Bertz CT molecular complexity index is 384. The molecule has 1 amide bonds. The smallest absolute Gasteiger partial charge is 0.221 e. The lowest BCUT2D eigenvalue weighted by molar-refractivity contribution is -0.117. The Morgan fingerprint density at radius 3 is 2.53 bits per heavy atom. The lowest BCUT2D eigenvalue weighted by Gasteiger charge is -2.23. The predicted octanol–water partition coefficient (Wildman–Crippen LogP) is 1.26. The van der Waals surface area contributed by atoms with Crippen molar-refractivity contribution < 1.29 is 4.79 Å². The minimum atomic E-state index is -0.247. The summed E-state index contributed by atoms with van der Waals surface area (Å²) in [6, 6.07) is 8.16. The molecule has 1 saturated heterocycles. The van der Waals surface area contributed by atoms with Crippen molar-refractivity contribution in [2.45, 2.75) is 25.7 Å². The molecule has 0 atom stereocenters. The van der Waals surface area contributed by atoms with E-state index in [1.54, 1.807) is 0 Å². The van der Waals surface area contributed by atoms with E-state index in [0.717, 1.165) is 31.0 Å². The van der Waals surface area contributed by atoms with Crippen LogP contribution in [-0.4, -0.2) is 19.0 Å². The van der Waals surface area contributed by atoms with Crippen LogP contribution < -0.4 is 11.1 Å². The van der Waals surface area contributed by atoms with E-state index >= 15 is 0 Å². The van der Waals surface area contributed by atoms with Crippen LogP contribution in [0, 0.1) is 5.92 Å². The van der Waals surface area contributed by atoms with Gasteiger partial charge in [0.15, 0.2) is 0 Å². The third-order valence-corrected chi connectivity index (χ3v) is 3.45. The average Bonchev–Trinajstić information content (AvgIpc) is 2.32. The molecular formula is C14H20N2O. The minimum Gasteiger partial charge on any atom is -0.369 e. The maximum Gasteiger partial charge on any atom is 0.221 e. The molecule has 0 bridgehead atoms. The van der Waals surface area contributed by atoms with Crippen molar-refractivity contribution in [3.8, 4) is 0 Å². The number of primary amides is 1. The van der Waals surface area contributed by atoms with Crippen molar-refractivity contribution in [2.24, 2.45) is 11.7 Å². The summed E-state index contributed by atoms with van der Waals surface area (Å²) in [5.74, 6) is 0.494. The van der Waals surface area contributed by atoms with Crippen LogP contribution in [0.3, 0.4) is 0 Å². The number of hydrogen-bond donors (Lipinski definition) is 2. The maximum absolute atomic E-state index is 11.0. The van der Waals surface area contributed by atoms with Crippen LogP contribution in [0.25, 0.3) is 0 Å². The summed E-state index contributed by atoms with van der Waals surface area (Å²) in [5.41, 5.74) is 7.66. The van der Waals surface area contributed by atoms with Gasteiger partial charge in [-0.1, -0.05) is 24.3 Å². The first-order valence-electron chi connectivity index (χ1n) is 6.31. The Balaban J connectivity index is 2.05. The van der Waals surface area contributed by atoms with Gasteiger partial charge in [0.05, 0.1) is 6.42 Å². The summed E-state index contributed by atoms with van der Waals surface area (Å²) in [6.45, 7) is 2.23. The molecule has 0 spiro atoms. The number of amides is 1. The Kier molecular flexibility index (Phi) is 4.15. The number of nitrogens with one attached hydrogen (secondary N) is 1. The topological polar surface area (TPSA) is 55.1 Å². The fourth-order valence-electron chi connectivity index (χ4n) is 2.51. The number of nitrogens with two attached hydrogens (primary N) is 1. The highest BCUT2D eigenvalue weighted by Crippen LogP contribution is 2.20. The van der Waals surface area contributed by atoms with E-state index in [2.05, 4.69) is 11.4 Å². The Morgan fingerprint density at radius 2 is 1.88 bits per heavy atom. The quantitative estimate of drug-likeness (QED) is 0.821. The molecule has 2 rings (SSSR count). The van der Waals surface area contributed by atoms with Gasteiger partial charge in [0.2, 0.25) is 5.91 Å². The first-order chi connectivity index (χ1) is 8.25. The molecule has 3 nitrogen and oxygen atoms in total. The lowest BCUT2D eigenvalue weighted by atomic mass is 9.88. The number of piperidine rings is 1. The zero-order chi connectivity index (χ0) is 12.1. The van der Waals surface area contributed by atoms with Gasteiger partial charge in [0, 0.05) is 0 Å². The van der Waals surface area contributed by atoms with Crippen molar-refractivity contribution >= 4 is 5.91 Å². The molecule has 3 heteroatoms. The molecule has 1 aromatic rings. The number of carbonyl (C=O) groups excluding carboxylic acids is 1. The third kappa shape index (κ3) is 3.56. The Hall–Kier alpha value is -1.35. The van der Waals surface area contributed by atoms with Gasteiger partial charge in [0.25, 0.3) is 0 Å². The van der Waals surface area contributed by atoms with E-state index in [0.29, 0.717) is 6.42 Å². The van der Waals surface area contributed by atoms with Crippen molar-refractivity contribution in [3.63, 3.8) is 0 Å². The summed E-state index contributed by atoms with van der Waals surface area (Å²) < 4.78 is 0. The van der Waals surface area contributed by atoms with Gasteiger partial charge in [-0.25, -0.2) is 0 Å². The van der Waals surface area contributed by atoms with Crippen molar-refractivity contribution in [3.05, 3.63) is 35.4 Å². The zero-order valence-electron chi connectivity index (χ0n) is 10.1. The van der Waals surface area contributed by atoms with Crippen LogP contribution >= 0.6 is 0 Å². The molecular weight excluding hydrogens is 212 g/mol. The minimum absolute atomic E-state index is 0.247. The fraction of sp³-hybridized carbons (Fsp3) is 0.500. The predicted molar refractivity (Wildman–Crippen MR) is 68.6 cm³/mol. The molecule has 3 N–H and O–H groups in total. The molecule has 1 aliphatic heterocycles. The standard InChI is InChI=1S/C14H20N2O/c15-14(17)10-13-4-2-1-3-12(13)9-11-5-7-16-8-6-11/h1-4,11,16H,5-10H2,(H2,15,17). The van der Waals surface area contributed by atoms with Crippen LogP contribution in [0.1, 0.15) is 24.0 Å². The highest BCUT2D eigenvalue weighted by Gasteiger charge is 2.15. The monoisotopic (exact) mass is 232 g/mol. The summed E-state index contributed by atoms with van der Waals surface area (Å²) in [7, 11) is 0. The van der Waals surface area contributed by atoms with Crippen LogP contribution in [-0.2, 0) is 17.6 Å². The third-order valence-electron chi connectivity index (χ3n) is 3.45. The molecule has 1 aliphatic rings. The lowest BCUT2D eigenvalue weighted by Crippen LogP contribution is -2.29. The van der Waals surface area contributed by atoms with E-state index in [-0.39, 0.29) is 5.91 Å². The normalized spacial score (nSPS) is 16.9. The molecule has 1 fully saturated rings. The maximum atomic E-state index is 11.0. The molecule has 17 heavy (non-hydrogen) atoms. The van der Waals surface area contributed by atoms with Gasteiger partial charge in [-0.2, -0.15) is 0 Å². The highest BCUT2D eigenvalue weighted by atomic mass is 16.1. The Morgan fingerprint density at radius 1 is 1.24 bits per heavy atom. The number of hydrogen-bond acceptors (Lipinski definition) is 2. The highest BCUT2D eigenvalue weighted by molar-refractivity contribution is 5.77. The average molecular weight is 232 g/mol. The first-order valence-corrected chi connectivity index (χ1v) is 6.31. The van der Waals surface area contributed by atoms with Crippen molar-refractivity contribution in [1.82, 2.24) is 5.32 Å². The van der Waals surface area contributed by atoms with E-state index < -0.39 is 0 Å². The van der Waals surface area contributed by atoms with Gasteiger partial charge in [-0.15, -0.1) is 0 Å². The SMILES string of the molecule is NC(=O)Cc1ccccc1CC1CCNCC1. The number of rotatable bonds is 4. The number of carbonyl (C=O) groups is 1. The van der Waals surface area contributed by atoms with Gasteiger partial charge >= 0.3 is 0 Å². The molecule has 92 valence electrons. The first kappa shape index (κ1) is 12.1. The molecule has 0 aliphatic carbocycles. The largest absolute Gasteiger partial charge is 0.369 e. The molecule has 1 aromatic carbocycles. The second-order valence-electron chi connectivity index (χ2n) is 4.81. The van der Waals surface area contributed by atoms with Crippen molar-refractivity contribution in [1.29, 1.82) is 0 Å². The van der Waals surface area contributed by atoms with E-state index in [9.17, 15) is 4.79 Å². The van der Waals surface area contributed by atoms with Gasteiger partial charge in [-0.05, 0) is 49.4 Å². The van der Waals surface area contributed by atoms with E-state index in [1.165, 1.54) is 18.4 Å². The molecule has 1 heterocycles. The molecule has 0 unspecified atom stereocenters. The Labute approximate surface area is 102 Å². The van der Waals surface area contributed by atoms with Crippen LogP contribution in [0.4, 0.5) is 0 Å². The van der Waals surface area contributed by atoms with Gasteiger partial charge in [-0.3, -0.25) is 4.79 Å². The van der Waals surface area contributed by atoms with Gasteiger partial charge in [0.1, 0.15) is 0 Å². The fourth-order valence-corrected chi connectivity index (χ4v) is 2.51. The van der Waals surface area contributed by atoms with Gasteiger partial charge < -0.3 is 11.1 Å². The zero-order valence-corrected chi connectivity index (χ0v) is 10.1. The summed E-state index contributed by atoms with van der Waals surface area (Å²) in [6.07, 6.45) is 3.89. The molecule has 0 saturated carbocycles. The second-order valence-corrected chi connectivity index (χ2v) is 4.81.